The number of esters is 1. The fraction of sp³-hybridized carbons (Fsp3) is 0. The quantitative estimate of drug-likeness (QED) is 0.553. The molecule has 1 aliphatic rings. The fourth-order valence-corrected chi connectivity index (χ4v) is 2.57. The summed E-state index contributed by atoms with van der Waals surface area (Å²) in [5.74, 6) is -0.353. The number of benzene rings is 1. The summed E-state index contributed by atoms with van der Waals surface area (Å²) in [6.45, 7) is 0. The molecule has 22 heavy (non-hydrogen) atoms. The summed E-state index contributed by atoms with van der Waals surface area (Å²) in [6, 6.07) is 6.90. The van der Waals surface area contributed by atoms with Crippen LogP contribution in [0.3, 0.4) is 0 Å². The van der Waals surface area contributed by atoms with Crippen molar-refractivity contribution in [2.45, 2.75) is 0 Å². The third-order valence-electron chi connectivity index (χ3n) is 2.85. The Bertz CT molecular complexity index is 834. The van der Waals surface area contributed by atoms with Gasteiger partial charge in [0.2, 0.25) is 5.90 Å². The van der Waals surface area contributed by atoms with Crippen LogP contribution in [0.5, 0.6) is 0 Å². The lowest BCUT2D eigenvalue weighted by Crippen LogP contribution is -2.05. The third kappa shape index (κ3) is 3.06. The average Bonchev–Trinajstić information content (AvgIpc) is 2.85. The second kappa shape index (κ2) is 6.20. The van der Waals surface area contributed by atoms with E-state index < -0.39 is 5.97 Å². The van der Waals surface area contributed by atoms with Crippen molar-refractivity contribution < 1.29 is 9.53 Å². The van der Waals surface area contributed by atoms with Gasteiger partial charge in [0, 0.05) is 16.9 Å². The molecule has 1 aromatic carbocycles. The van der Waals surface area contributed by atoms with Crippen LogP contribution in [0.1, 0.15) is 11.1 Å². The van der Waals surface area contributed by atoms with Crippen LogP contribution in [0.2, 0.25) is 10.0 Å². The Morgan fingerprint density at radius 2 is 2.05 bits per heavy atom. The van der Waals surface area contributed by atoms with Gasteiger partial charge in [0.15, 0.2) is 5.70 Å². The van der Waals surface area contributed by atoms with E-state index in [1.165, 1.54) is 6.08 Å². The standard InChI is InChI=1S/C15H7BrCl2N2O2/c16-10-4-9(6-19-7-10)14-20-12(15(21)22-14)5-8-2-1-3-11(17)13(8)18/h1-7H/b12-5+. The second-order valence-electron chi connectivity index (χ2n) is 4.37. The number of halogens is 3. The first-order valence-electron chi connectivity index (χ1n) is 6.12. The maximum atomic E-state index is 11.9. The van der Waals surface area contributed by atoms with E-state index in [2.05, 4.69) is 25.9 Å². The first-order valence-corrected chi connectivity index (χ1v) is 7.67. The fourth-order valence-electron chi connectivity index (χ4n) is 1.84. The zero-order valence-electron chi connectivity index (χ0n) is 10.9. The molecule has 0 spiro atoms. The number of pyridine rings is 1. The van der Waals surface area contributed by atoms with Gasteiger partial charge in [-0.25, -0.2) is 9.79 Å². The molecular formula is C15H7BrCl2N2O2. The molecule has 4 nitrogen and oxygen atoms in total. The second-order valence-corrected chi connectivity index (χ2v) is 6.07. The minimum Gasteiger partial charge on any atom is -0.402 e. The van der Waals surface area contributed by atoms with E-state index in [1.54, 1.807) is 36.7 Å². The van der Waals surface area contributed by atoms with E-state index in [9.17, 15) is 4.79 Å². The molecule has 0 unspecified atom stereocenters. The lowest BCUT2D eigenvalue weighted by atomic mass is 10.2. The van der Waals surface area contributed by atoms with Gasteiger partial charge in [-0.3, -0.25) is 4.98 Å². The van der Waals surface area contributed by atoms with E-state index in [4.69, 9.17) is 27.9 Å². The molecule has 0 saturated carbocycles. The van der Waals surface area contributed by atoms with Crippen LogP contribution < -0.4 is 0 Å². The van der Waals surface area contributed by atoms with Crippen LogP contribution in [0.25, 0.3) is 6.08 Å². The Morgan fingerprint density at radius 1 is 1.23 bits per heavy atom. The van der Waals surface area contributed by atoms with Gasteiger partial charge in [0.05, 0.1) is 15.6 Å². The number of aromatic nitrogens is 1. The average molecular weight is 398 g/mol. The van der Waals surface area contributed by atoms with Gasteiger partial charge in [0.1, 0.15) is 0 Å². The highest BCUT2D eigenvalue weighted by molar-refractivity contribution is 9.10. The zero-order chi connectivity index (χ0) is 15.7. The number of carbonyl (C=O) groups excluding carboxylic acids is 1. The van der Waals surface area contributed by atoms with Gasteiger partial charge in [-0.1, -0.05) is 35.3 Å². The maximum Gasteiger partial charge on any atom is 0.363 e. The highest BCUT2D eigenvalue weighted by Crippen LogP contribution is 2.28. The molecule has 110 valence electrons. The smallest absolute Gasteiger partial charge is 0.363 e. The predicted octanol–water partition coefficient (Wildman–Crippen LogP) is 4.50. The molecule has 0 saturated heterocycles. The minimum absolute atomic E-state index is 0.152. The Balaban J connectivity index is 2.00. The largest absolute Gasteiger partial charge is 0.402 e. The van der Waals surface area contributed by atoms with Crippen LogP contribution in [0, 0.1) is 0 Å². The van der Waals surface area contributed by atoms with Crippen LogP contribution >= 0.6 is 39.1 Å². The molecule has 0 radical (unpaired) electrons. The third-order valence-corrected chi connectivity index (χ3v) is 4.11. The van der Waals surface area contributed by atoms with Gasteiger partial charge in [0.25, 0.3) is 0 Å². The van der Waals surface area contributed by atoms with Gasteiger partial charge in [-0.15, -0.1) is 0 Å². The van der Waals surface area contributed by atoms with Crippen LogP contribution in [-0.4, -0.2) is 16.9 Å². The highest BCUT2D eigenvalue weighted by atomic mass is 79.9. The Labute approximate surface area is 144 Å². The molecule has 3 rings (SSSR count). The molecule has 0 atom stereocenters. The normalized spacial score (nSPS) is 15.9. The maximum absolute atomic E-state index is 11.9. The monoisotopic (exact) mass is 396 g/mol. The van der Waals surface area contributed by atoms with E-state index in [0.717, 1.165) is 4.47 Å². The molecule has 0 bridgehead atoms. The molecule has 2 aromatic rings. The molecule has 0 aliphatic carbocycles. The summed E-state index contributed by atoms with van der Waals surface area (Å²) in [5, 5.41) is 0.764. The van der Waals surface area contributed by atoms with Crippen molar-refractivity contribution in [1.82, 2.24) is 4.98 Å². The zero-order valence-corrected chi connectivity index (χ0v) is 14.0. The Hall–Kier alpha value is -1.69. The van der Waals surface area contributed by atoms with E-state index in [1.807, 2.05) is 0 Å². The summed E-state index contributed by atoms with van der Waals surface area (Å²) in [5.41, 5.74) is 1.35. The summed E-state index contributed by atoms with van der Waals surface area (Å²) >= 11 is 15.4. The number of rotatable bonds is 2. The minimum atomic E-state index is -0.550. The number of nitrogens with zero attached hydrogens (tertiary/aromatic N) is 2. The van der Waals surface area contributed by atoms with E-state index in [-0.39, 0.29) is 11.6 Å². The van der Waals surface area contributed by atoms with Crippen molar-refractivity contribution in [3.63, 3.8) is 0 Å². The first-order chi connectivity index (χ1) is 10.5. The lowest BCUT2D eigenvalue weighted by molar-refractivity contribution is -0.129. The summed E-state index contributed by atoms with van der Waals surface area (Å²) < 4.78 is 5.93. The SMILES string of the molecule is O=C1OC(c2cncc(Br)c2)=N/C1=C/c1cccc(Cl)c1Cl. The summed E-state index contributed by atoms with van der Waals surface area (Å²) in [7, 11) is 0. The van der Waals surface area contributed by atoms with Crippen molar-refractivity contribution in [3.05, 3.63) is 68.0 Å². The molecular weight excluding hydrogens is 391 g/mol. The Morgan fingerprint density at radius 3 is 2.82 bits per heavy atom. The van der Waals surface area contributed by atoms with E-state index in [0.29, 0.717) is 21.2 Å². The van der Waals surface area contributed by atoms with Crippen molar-refractivity contribution in [2.24, 2.45) is 4.99 Å². The number of hydrogen-bond donors (Lipinski definition) is 0. The lowest BCUT2D eigenvalue weighted by Gasteiger charge is -2.00. The van der Waals surface area contributed by atoms with Crippen LogP contribution in [0.4, 0.5) is 0 Å². The summed E-state index contributed by atoms with van der Waals surface area (Å²) in [6.07, 6.45) is 4.73. The molecule has 7 heteroatoms. The predicted molar refractivity (Wildman–Crippen MR) is 89.0 cm³/mol. The molecule has 0 N–H and O–H groups in total. The molecule has 1 aliphatic heterocycles. The number of ether oxygens (including phenoxy) is 1. The van der Waals surface area contributed by atoms with Crippen molar-refractivity contribution in [1.29, 1.82) is 0 Å². The van der Waals surface area contributed by atoms with Crippen molar-refractivity contribution in [3.8, 4) is 0 Å². The van der Waals surface area contributed by atoms with Crippen molar-refractivity contribution >= 4 is 57.1 Å². The highest BCUT2D eigenvalue weighted by Gasteiger charge is 2.24. The molecule has 2 heterocycles. The topological polar surface area (TPSA) is 51.5 Å². The molecule has 1 aromatic heterocycles. The summed E-state index contributed by atoms with van der Waals surface area (Å²) in [4.78, 5) is 20.1. The van der Waals surface area contributed by atoms with Gasteiger partial charge >= 0.3 is 5.97 Å². The number of cyclic esters (lactones) is 1. The number of aliphatic imine (C=N–C) groups is 1. The van der Waals surface area contributed by atoms with Gasteiger partial charge in [-0.05, 0) is 39.7 Å². The number of hydrogen-bond acceptors (Lipinski definition) is 4. The van der Waals surface area contributed by atoms with Crippen LogP contribution in [-0.2, 0) is 9.53 Å². The first kappa shape index (κ1) is 15.2. The van der Waals surface area contributed by atoms with E-state index >= 15 is 0 Å². The van der Waals surface area contributed by atoms with Crippen LogP contribution in [0.15, 0.2) is 51.8 Å². The van der Waals surface area contributed by atoms with Gasteiger partial charge in [-0.2, -0.15) is 0 Å². The molecule has 0 amide bonds. The molecule has 0 fully saturated rings. The van der Waals surface area contributed by atoms with Crippen molar-refractivity contribution in [2.75, 3.05) is 0 Å². The Kier molecular flexibility index (Phi) is 4.29. The number of carbonyl (C=O) groups is 1. The van der Waals surface area contributed by atoms with Gasteiger partial charge < -0.3 is 4.74 Å².